The summed E-state index contributed by atoms with van der Waals surface area (Å²) in [7, 11) is 2.98. The number of aliphatic hydroxyl groups excluding tert-OH is 1. The maximum absolute atomic E-state index is 13.4. The molecule has 190 valence electrons. The van der Waals surface area contributed by atoms with Gasteiger partial charge in [-0.05, 0) is 61.0 Å². The number of benzene rings is 3. The van der Waals surface area contributed by atoms with Crippen molar-refractivity contribution in [2.24, 2.45) is 0 Å². The summed E-state index contributed by atoms with van der Waals surface area (Å²) in [6.45, 7) is 1.87. The van der Waals surface area contributed by atoms with E-state index >= 15 is 0 Å². The fraction of sp³-hybridized carbons (Fsp3) is 0.179. The molecule has 1 amide bonds. The van der Waals surface area contributed by atoms with Gasteiger partial charge >= 0.3 is 5.97 Å². The van der Waals surface area contributed by atoms with Crippen LogP contribution in [0.5, 0.6) is 11.5 Å². The number of anilines is 1. The van der Waals surface area contributed by atoms with Gasteiger partial charge in [0.1, 0.15) is 17.3 Å². The standard InChI is InChI=1S/C28H24ClNO7/c1-4-37-28(34)18-6-5-7-19(14-18)30-24(16-8-11-20(35-2)12-9-16)23(26(32)27(30)33)25(31)17-10-13-22(36-3)21(29)15-17/h5-15,24,31H,4H2,1-3H3/b25-23+. The van der Waals surface area contributed by atoms with Crippen molar-refractivity contribution in [3.63, 3.8) is 0 Å². The number of Topliss-reactive ketones (excluding diaryl/α,β-unsaturated/α-hetero) is 1. The monoisotopic (exact) mass is 521 g/mol. The van der Waals surface area contributed by atoms with Crippen LogP contribution in [0.2, 0.25) is 5.02 Å². The summed E-state index contributed by atoms with van der Waals surface area (Å²) < 4.78 is 15.5. The SMILES string of the molecule is CCOC(=O)c1cccc(N2C(=O)C(=O)/C(=C(/O)c3ccc(OC)c(Cl)c3)C2c2ccc(OC)cc2)c1. The number of aliphatic hydroxyl groups is 1. The summed E-state index contributed by atoms with van der Waals surface area (Å²) in [5.41, 5.74) is 1.17. The smallest absolute Gasteiger partial charge is 0.338 e. The number of carbonyl (C=O) groups excluding carboxylic acids is 3. The minimum atomic E-state index is -0.996. The number of methoxy groups -OCH3 is 2. The van der Waals surface area contributed by atoms with Crippen molar-refractivity contribution in [3.8, 4) is 11.5 Å². The van der Waals surface area contributed by atoms with Gasteiger partial charge < -0.3 is 19.3 Å². The first-order valence-electron chi connectivity index (χ1n) is 11.4. The number of rotatable bonds is 7. The van der Waals surface area contributed by atoms with Gasteiger partial charge in [-0.1, -0.05) is 29.8 Å². The molecule has 0 bridgehead atoms. The van der Waals surface area contributed by atoms with Gasteiger partial charge in [0, 0.05) is 11.3 Å². The number of hydrogen-bond acceptors (Lipinski definition) is 7. The number of hydrogen-bond donors (Lipinski definition) is 1. The van der Waals surface area contributed by atoms with Gasteiger partial charge in [-0.3, -0.25) is 14.5 Å². The third kappa shape index (κ3) is 4.88. The maximum atomic E-state index is 13.4. The Balaban J connectivity index is 1.91. The predicted molar refractivity (Wildman–Crippen MR) is 138 cm³/mol. The molecule has 1 aliphatic heterocycles. The van der Waals surface area contributed by atoms with Crippen LogP contribution in [0, 0.1) is 0 Å². The first-order chi connectivity index (χ1) is 17.8. The van der Waals surface area contributed by atoms with E-state index in [9.17, 15) is 19.5 Å². The highest BCUT2D eigenvalue weighted by molar-refractivity contribution is 6.51. The van der Waals surface area contributed by atoms with Crippen LogP contribution in [-0.4, -0.2) is 43.6 Å². The van der Waals surface area contributed by atoms with Crippen LogP contribution in [0.15, 0.2) is 72.3 Å². The molecule has 0 saturated carbocycles. The van der Waals surface area contributed by atoms with Gasteiger partial charge in [0.2, 0.25) is 0 Å². The summed E-state index contributed by atoms with van der Waals surface area (Å²) >= 11 is 6.25. The average Bonchev–Trinajstić information content (AvgIpc) is 3.18. The molecular weight excluding hydrogens is 498 g/mol. The first kappa shape index (κ1) is 25.8. The summed E-state index contributed by atoms with van der Waals surface area (Å²) in [5, 5.41) is 11.5. The molecule has 37 heavy (non-hydrogen) atoms. The summed E-state index contributed by atoms with van der Waals surface area (Å²) in [4.78, 5) is 40.3. The predicted octanol–water partition coefficient (Wildman–Crippen LogP) is 5.16. The zero-order chi connectivity index (χ0) is 26.7. The molecule has 0 radical (unpaired) electrons. The number of esters is 1. The molecule has 1 atom stereocenters. The quantitative estimate of drug-likeness (QED) is 0.198. The Morgan fingerprint density at radius 2 is 1.70 bits per heavy atom. The highest BCUT2D eigenvalue weighted by Crippen LogP contribution is 2.43. The van der Waals surface area contributed by atoms with Crippen LogP contribution >= 0.6 is 11.6 Å². The largest absolute Gasteiger partial charge is 0.507 e. The molecular formula is C28H24ClNO7. The summed E-state index contributed by atoms with van der Waals surface area (Å²) in [5.74, 6) is -1.73. The molecule has 3 aromatic carbocycles. The van der Waals surface area contributed by atoms with Crippen molar-refractivity contribution in [1.29, 1.82) is 0 Å². The second-order valence-electron chi connectivity index (χ2n) is 8.06. The van der Waals surface area contributed by atoms with Crippen LogP contribution in [0.1, 0.15) is 34.5 Å². The highest BCUT2D eigenvalue weighted by atomic mass is 35.5. The van der Waals surface area contributed by atoms with Crippen LogP contribution in [0.3, 0.4) is 0 Å². The van der Waals surface area contributed by atoms with Crippen molar-refractivity contribution in [1.82, 2.24) is 0 Å². The fourth-order valence-electron chi connectivity index (χ4n) is 4.17. The number of amides is 1. The Kier molecular flexibility index (Phi) is 7.50. The molecule has 3 aromatic rings. The average molecular weight is 522 g/mol. The molecule has 4 rings (SSSR count). The molecule has 1 unspecified atom stereocenters. The Labute approximate surface area is 218 Å². The lowest BCUT2D eigenvalue weighted by Crippen LogP contribution is -2.29. The van der Waals surface area contributed by atoms with Crippen LogP contribution in [0.25, 0.3) is 5.76 Å². The normalized spacial score (nSPS) is 16.5. The minimum Gasteiger partial charge on any atom is -0.507 e. The van der Waals surface area contributed by atoms with Gasteiger partial charge in [-0.2, -0.15) is 0 Å². The van der Waals surface area contributed by atoms with Crippen molar-refractivity contribution in [2.75, 3.05) is 25.7 Å². The zero-order valence-electron chi connectivity index (χ0n) is 20.4. The number of carbonyl (C=O) groups is 3. The Morgan fingerprint density at radius 1 is 0.973 bits per heavy atom. The second kappa shape index (κ2) is 10.8. The fourth-order valence-corrected chi connectivity index (χ4v) is 4.42. The van der Waals surface area contributed by atoms with Crippen LogP contribution in [0.4, 0.5) is 5.69 Å². The third-order valence-electron chi connectivity index (χ3n) is 5.94. The summed E-state index contributed by atoms with van der Waals surface area (Å²) in [6.07, 6.45) is 0. The van der Waals surface area contributed by atoms with E-state index in [1.807, 2.05) is 0 Å². The van der Waals surface area contributed by atoms with E-state index in [2.05, 4.69) is 0 Å². The zero-order valence-corrected chi connectivity index (χ0v) is 21.1. The van der Waals surface area contributed by atoms with E-state index in [-0.39, 0.29) is 28.3 Å². The van der Waals surface area contributed by atoms with Crippen molar-refractivity contribution in [2.45, 2.75) is 13.0 Å². The first-order valence-corrected chi connectivity index (χ1v) is 11.7. The Morgan fingerprint density at radius 3 is 2.32 bits per heavy atom. The molecule has 0 aromatic heterocycles. The lowest BCUT2D eigenvalue weighted by molar-refractivity contribution is -0.132. The molecule has 1 N–H and O–H groups in total. The molecule has 1 heterocycles. The van der Waals surface area contributed by atoms with E-state index in [0.29, 0.717) is 22.7 Å². The van der Waals surface area contributed by atoms with Crippen molar-refractivity contribution < 1.29 is 33.7 Å². The van der Waals surface area contributed by atoms with Crippen LogP contribution < -0.4 is 14.4 Å². The molecule has 8 nitrogen and oxygen atoms in total. The summed E-state index contributed by atoms with van der Waals surface area (Å²) in [6, 6.07) is 16.6. The van der Waals surface area contributed by atoms with E-state index < -0.39 is 29.5 Å². The lowest BCUT2D eigenvalue weighted by Gasteiger charge is -2.26. The second-order valence-corrected chi connectivity index (χ2v) is 8.47. The van der Waals surface area contributed by atoms with Gasteiger partial charge in [0.25, 0.3) is 11.7 Å². The molecule has 1 fully saturated rings. The Bertz CT molecular complexity index is 1400. The topological polar surface area (TPSA) is 102 Å². The molecule has 9 heteroatoms. The van der Waals surface area contributed by atoms with Gasteiger partial charge in [0.05, 0.1) is 43.0 Å². The minimum absolute atomic E-state index is 0.127. The van der Waals surface area contributed by atoms with E-state index in [0.717, 1.165) is 0 Å². The van der Waals surface area contributed by atoms with Crippen molar-refractivity contribution in [3.05, 3.63) is 94.0 Å². The van der Waals surface area contributed by atoms with Gasteiger partial charge in [-0.25, -0.2) is 4.79 Å². The van der Waals surface area contributed by atoms with Crippen molar-refractivity contribution >= 4 is 40.7 Å². The molecule has 1 saturated heterocycles. The van der Waals surface area contributed by atoms with E-state index in [1.54, 1.807) is 61.5 Å². The highest BCUT2D eigenvalue weighted by Gasteiger charge is 2.47. The van der Waals surface area contributed by atoms with E-state index in [4.69, 9.17) is 25.8 Å². The maximum Gasteiger partial charge on any atom is 0.338 e. The molecule has 0 spiro atoms. The number of ether oxygens (including phenoxy) is 3. The van der Waals surface area contributed by atoms with Gasteiger partial charge in [0.15, 0.2) is 0 Å². The van der Waals surface area contributed by atoms with Crippen LogP contribution in [-0.2, 0) is 14.3 Å². The third-order valence-corrected chi connectivity index (χ3v) is 6.23. The number of nitrogens with zero attached hydrogens (tertiary/aromatic N) is 1. The molecule has 1 aliphatic rings. The number of halogens is 1. The van der Waals surface area contributed by atoms with E-state index in [1.165, 1.54) is 31.3 Å². The lowest BCUT2D eigenvalue weighted by atomic mass is 9.95. The molecule has 0 aliphatic carbocycles. The Hall–Kier alpha value is -4.30. The van der Waals surface area contributed by atoms with Gasteiger partial charge in [-0.15, -0.1) is 0 Å². The number of ketones is 1.